The van der Waals surface area contributed by atoms with Crippen LogP contribution in [-0.2, 0) is 4.74 Å². The highest BCUT2D eigenvalue weighted by molar-refractivity contribution is 6.32. The number of benzene rings is 2. The number of carbonyl (C=O) groups excluding carboxylic acids is 1. The summed E-state index contributed by atoms with van der Waals surface area (Å²) in [6, 6.07) is 12.5. The molecule has 146 valence electrons. The van der Waals surface area contributed by atoms with Crippen molar-refractivity contribution in [3.8, 4) is 11.5 Å². The number of halogens is 2. The van der Waals surface area contributed by atoms with E-state index < -0.39 is 11.7 Å². The molecule has 0 unspecified atom stereocenters. The van der Waals surface area contributed by atoms with Crippen LogP contribution in [-0.4, -0.2) is 29.9 Å². The number of pyridine rings is 1. The molecule has 4 rings (SSSR count). The minimum absolute atomic E-state index is 0.0925. The van der Waals surface area contributed by atoms with Crippen molar-refractivity contribution in [2.24, 2.45) is 4.99 Å². The smallest absolute Gasteiger partial charge is 0.261 e. The van der Waals surface area contributed by atoms with E-state index in [-0.39, 0.29) is 22.1 Å². The van der Waals surface area contributed by atoms with Gasteiger partial charge in [0.05, 0.1) is 22.8 Å². The number of carbonyl (C=O) groups is 1. The van der Waals surface area contributed by atoms with Gasteiger partial charge in [0.25, 0.3) is 5.91 Å². The van der Waals surface area contributed by atoms with Crippen molar-refractivity contribution in [3.05, 3.63) is 82.9 Å². The van der Waals surface area contributed by atoms with Gasteiger partial charge in [0, 0.05) is 12.4 Å². The van der Waals surface area contributed by atoms with E-state index in [1.807, 2.05) is 12.1 Å². The normalized spacial score (nSPS) is 12.8. The summed E-state index contributed by atoms with van der Waals surface area (Å²) in [5.41, 5.74) is 1.43. The molecule has 0 atom stereocenters. The second-order valence-electron chi connectivity index (χ2n) is 6.08. The van der Waals surface area contributed by atoms with Gasteiger partial charge in [-0.1, -0.05) is 23.7 Å². The molecule has 0 aliphatic carbocycles. The zero-order valence-corrected chi connectivity index (χ0v) is 15.8. The Kier molecular flexibility index (Phi) is 5.39. The van der Waals surface area contributed by atoms with E-state index in [0.29, 0.717) is 30.3 Å². The van der Waals surface area contributed by atoms with Crippen LogP contribution in [0.2, 0.25) is 5.02 Å². The molecule has 1 N–H and O–H groups in total. The molecule has 6 nitrogen and oxygen atoms in total. The van der Waals surface area contributed by atoms with Crippen LogP contribution in [0.5, 0.6) is 11.5 Å². The number of nitrogens with zero attached hydrogens (tertiary/aromatic N) is 2. The third-order valence-corrected chi connectivity index (χ3v) is 4.43. The molecule has 1 aliphatic rings. The van der Waals surface area contributed by atoms with E-state index in [1.54, 1.807) is 12.1 Å². The number of anilines is 1. The summed E-state index contributed by atoms with van der Waals surface area (Å²) in [4.78, 5) is 21.2. The predicted molar refractivity (Wildman–Crippen MR) is 107 cm³/mol. The average Bonchev–Trinajstić information content (AvgIpc) is 3.25. The van der Waals surface area contributed by atoms with Crippen molar-refractivity contribution in [3.63, 3.8) is 0 Å². The number of aromatic nitrogens is 1. The maximum atomic E-state index is 13.3. The maximum absolute atomic E-state index is 13.3. The molecular formula is C21H15ClFN3O3. The van der Waals surface area contributed by atoms with E-state index in [2.05, 4.69) is 15.3 Å². The summed E-state index contributed by atoms with van der Waals surface area (Å²) >= 11 is 6.03. The topological polar surface area (TPSA) is 72.8 Å². The van der Waals surface area contributed by atoms with Gasteiger partial charge >= 0.3 is 0 Å². The average molecular weight is 412 g/mol. The Balaban J connectivity index is 1.61. The Morgan fingerprint density at radius 2 is 2.03 bits per heavy atom. The Morgan fingerprint density at radius 1 is 1.17 bits per heavy atom. The fourth-order valence-corrected chi connectivity index (χ4v) is 2.99. The first-order valence-electron chi connectivity index (χ1n) is 8.77. The molecule has 2 heterocycles. The largest absolute Gasteiger partial charge is 0.475 e. The summed E-state index contributed by atoms with van der Waals surface area (Å²) in [7, 11) is 0. The number of hydrogen-bond donors (Lipinski definition) is 1. The van der Waals surface area contributed by atoms with Crippen molar-refractivity contribution in [2.45, 2.75) is 0 Å². The zero-order chi connectivity index (χ0) is 20.2. The second kappa shape index (κ2) is 8.28. The van der Waals surface area contributed by atoms with Gasteiger partial charge < -0.3 is 14.8 Å². The minimum Gasteiger partial charge on any atom is -0.475 e. The SMILES string of the molecule is O=C(Nc1ccccc1C1=NCCO1)c1cnccc1Oc1ccc(F)cc1Cl. The van der Waals surface area contributed by atoms with Gasteiger partial charge in [0.1, 0.15) is 29.5 Å². The van der Waals surface area contributed by atoms with Crippen LogP contribution in [0.25, 0.3) is 0 Å². The quantitative estimate of drug-likeness (QED) is 0.660. The lowest BCUT2D eigenvalue weighted by Gasteiger charge is -2.14. The third-order valence-electron chi connectivity index (χ3n) is 4.13. The van der Waals surface area contributed by atoms with Crippen molar-refractivity contribution in [1.82, 2.24) is 4.98 Å². The van der Waals surface area contributed by atoms with Gasteiger partial charge in [-0.15, -0.1) is 0 Å². The molecule has 29 heavy (non-hydrogen) atoms. The van der Waals surface area contributed by atoms with E-state index in [1.165, 1.54) is 30.6 Å². The highest BCUT2D eigenvalue weighted by atomic mass is 35.5. The van der Waals surface area contributed by atoms with Crippen LogP contribution in [0.4, 0.5) is 10.1 Å². The fraction of sp³-hybridized carbons (Fsp3) is 0.0952. The summed E-state index contributed by atoms with van der Waals surface area (Å²) in [6.45, 7) is 1.09. The Labute approximate surface area is 171 Å². The van der Waals surface area contributed by atoms with Crippen molar-refractivity contribution >= 4 is 29.1 Å². The van der Waals surface area contributed by atoms with Crippen molar-refractivity contribution < 1.29 is 18.7 Å². The van der Waals surface area contributed by atoms with Gasteiger partial charge in [-0.25, -0.2) is 9.38 Å². The molecule has 0 spiro atoms. The van der Waals surface area contributed by atoms with Crippen LogP contribution >= 0.6 is 11.6 Å². The number of nitrogens with one attached hydrogen (secondary N) is 1. The lowest BCUT2D eigenvalue weighted by molar-refractivity contribution is 0.102. The van der Waals surface area contributed by atoms with Gasteiger partial charge in [-0.05, 0) is 36.4 Å². The maximum Gasteiger partial charge on any atom is 0.261 e. The Morgan fingerprint density at radius 3 is 2.83 bits per heavy atom. The molecule has 0 radical (unpaired) electrons. The highest BCUT2D eigenvalue weighted by Gasteiger charge is 2.19. The zero-order valence-electron chi connectivity index (χ0n) is 15.1. The molecule has 1 amide bonds. The van der Waals surface area contributed by atoms with Gasteiger partial charge in [0.2, 0.25) is 5.90 Å². The van der Waals surface area contributed by atoms with Gasteiger partial charge in [-0.3, -0.25) is 9.78 Å². The number of aliphatic imine (C=N–C) groups is 1. The summed E-state index contributed by atoms with van der Waals surface area (Å²) in [5, 5.41) is 2.93. The molecule has 0 saturated heterocycles. The molecule has 0 fully saturated rings. The molecule has 3 aromatic rings. The Hall–Kier alpha value is -3.45. The molecule has 8 heteroatoms. The molecule has 1 aromatic heterocycles. The van der Waals surface area contributed by atoms with Crippen LogP contribution in [0.1, 0.15) is 15.9 Å². The molecule has 0 saturated carbocycles. The summed E-state index contributed by atoms with van der Waals surface area (Å²) in [5.74, 6) is 0.0307. The lowest BCUT2D eigenvalue weighted by Crippen LogP contribution is -2.16. The summed E-state index contributed by atoms with van der Waals surface area (Å²) < 4.78 is 24.5. The van der Waals surface area contributed by atoms with E-state index >= 15 is 0 Å². The first-order valence-corrected chi connectivity index (χ1v) is 9.14. The summed E-state index contributed by atoms with van der Waals surface area (Å²) in [6.07, 6.45) is 2.87. The molecule has 0 bridgehead atoms. The van der Waals surface area contributed by atoms with Crippen molar-refractivity contribution in [2.75, 3.05) is 18.5 Å². The number of ether oxygens (including phenoxy) is 2. The van der Waals surface area contributed by atoms with E-state index in [0.717, 1.165) is 6.07 Å². The first-order chi connectivity index (χ1) is 14.1. The standard InChI is InChI=1S/C21H15ClFN3O3/c22-16-11-13(23)5-6-19(16)29-18-7-8-24-12-15(18)20(27)26-17-4-2-1-3-14(17)21-25-9-10-28-21/h1-8,11-12H,9-10H2,(H,26,27). The Bertz CT molecular complexity index is 1100. The van der Waals surface area contributed by atoms with Crippen molar-refractivity contribution in [1.29, 1.82) is 0 Å². The number of para-hydroxylation sites is 1. The lowest BCUT2D eigenvalue weighted by atomic mass is 10.1. The highest BCUT2D eigenvalue weighted by Crippen LogP contribution is 2.32. The van der Waals surface area contributed by atoms with Crippen LogP contribution < -0.4 is 10.1 Å². The first kappa shape index (κ1) is 18.9. The van der Waals surface area contributed by atoms with E-state index in [9.17, 15) is 9.18 Å². The fourth-order valence-electron chi connectivity index (χ4n) is 2.78. The van der Waals surface area contributed by atoms with Crippen LogP contribution in [0.3, 0.4) is 0 Å². The van der Waals surface area contributed by atoms with Gasteiger partial charge in [-0.2, -0.15) is 0 Å². The second-order valence-corrected chi connectivity index (χ2v) is 6.49. The molecule has 2 aromatic carbocycles. The molecule has 1 aliphatic heterocycles. The van der Waals surface area contributed by atoms with Crippen LogP contribution in [0, 0.1) is 5.82 Å². The molecular weight excluding hydrogens is 397 g/mol. The minimum atomic E-state index is -0.483. The predicted octanol–water partition coefficient (Wildman–Crippen LogP) is 4.70. The monoisotopic (exact) mass is 411 g/mol. The number of amides is 1. The van der Waals surface area contributed by atoms with Gasteiger partial charge in [0.15, 0.2) is 0 Å². The third kappa shape index (κ3) is 4.20. The number of rotatable bonds is 5. The number of hydrogen-bond acceptors (Lipinski definition) is 5. The van der Waals surface area contributed by atoms with E-state index in [4.69, 9.17) is 21.1 Å². The van der Waals surface area contributed by atoms with Crippen LogP contribution in [0.15, 0.2) is 65.9 Å².